The molecular formula is C18H22N2O3S. The third-order valence-electron chi connectivity index (χ3n) is 3.60. The largest absolute Gasteiger partial charge is 0.326 e. The van der Waals surface area contributed by atoms with Crippen molar-refractivity contribution in [2.75, 3.05) is 22.4 Å². The summed E-state index contributed by atoms with van der Waals surface area (Å²) in [7, 11) is -3.45. The van der Waals surface area contributed by atoms with Crippen molar-refractivity contribution in [1.82, 2.24) is 0 Å². The van der Waals surface area contributed by atoms with Crippen LogP contribution in [0.5, 0.6) is 0 Å². The predicted molar refractivity (Wildman–Crippen MR) is 97.8 cm³/mol. The Morgan fingerprint density at radius 2 is 1.46 bits per heavy atom. The first-order chi connectivity index (χ1) is 11.3. The summed E-state index contributed by atoms with van der Waals surface area (Å²) in [5, 5.41) is 2.78. The first-order valence-electron chi connectivity index (χ1n) is 7.66. The highest BCUT2D eigenvalue weighted by atomic mass is 32.2. The van der Waals surface area contributed by atoms with Gasteiger partial charge in [-0.1, -0.05) is 35.4 Å². The number of amides is 1. The molecule has 0 fully saturated rings. The number of sulfonamides is 1. The van der Waals surface area contributed by atoms with Crippen LogP contribution in [0, 0.1) is 13.8 Å². The minimum Gasteiger partial charge on any atom is -0.326 e. The first kappa shape index (κ1) is 18.0. The average molecular weight is 346 g/mol. The topological polar surface area (TPSA) is 66.5 Å². The van der Waals surface area contributed by atoms with Gasteiger partial charge in [0.1, 0.15) is 0 Å². The lowest BCUT2D eigenvalue weighted by molar-refractivity contribution is -0.116. The zero-order valence-corrected chi connectivity index (χ0v) is 14.9. The molecule has 0 spiro atoms. The van der Waals surface area contributed by atoms with E-state index in [1.54, 1.807) is 12.1 Å². The van der Waals surface area contributed by atoms with Crippen LogP contribution in [0.2, 0.25) is 0 Å². The highest BCUT2D eigenvalue weighted by molar-refractivity contribution is 7.92. The summed E-state index contributed by atoms with van der Waals surface area (Å²) in [5.74, 6) is -0.223. The fourth-order valence-corrected chi connectivity index (χ4v) is 3.19. The quantitative estimate of drug-likeness (QED) is 0.874. The molecule has 0 aliphatic carbocycles. The molecule has 0 bridgehead atoms. The highest BCUT2D eigenvalue weighted by Gasteiger charge is 2.18. The Hall–Kier alpha value is -2.34. The van der Waals surface area contributed by atoms with Crippen LogP contribution < -0.4 is 9.62 Å². The summed E-state index contributed by atoms with van der Waals surface area (Å²) in [5.41, 5.74) is 3.41. The number of hydrogen-bond acceptors (Lipinski definition) is 3. The lowest BCUT2D eigenvalue weighted by atomic mass is 10.2. The van der Waals surface area contributed by atoms with E-state index in [1.165, 1.54) is 4.31 Å². The van der Waals surface area contributed by atoms with Crippen LogP contribution in [-0.4, -0.2) is 27.1 Å². The third-order valence-corrected chi connectivity index (χ3v) is 4.79. The van der Waals surface area contributed by atoms with Crippen molar-refractivity contribution in [3.63, 3.8) is 0 Å². The monoisotopic (exact) mass is 346 g/mol. The van der Waals surface area contributed by atoms with Crippen molar-refractivity contribution in [1.29, 1.82) is 0 Å². The maximum atomic E-state index is 12.1. The van der Waals surface area contributed by atoms with Crippen molar-refractivity contribution in [3.8, 4) is 0 Å². The molecule has 2 rings (SSSR count). The summed E-state index contributed by atoms with van der Waals surface area (Å²) in [6.07, 6.45) is 1.22. The van der Waals surface area contributed by atoms with Gasteiger partial charge in [0.15, 0.2) is 0 Å². The predicted octanol–water partition coefficient (Wildman–Crippen LogP) is 3.10. The Balaban J connectivity index is 2.04. The summed E-state index contributed by atoms with van der Waals surface area (Å²) in [6.45, 7) is 4.00. The minimum atomic E-state index is -3.45. The van der Waals surface area contributed by atoms with E-state index in [-0.39, 0.29) is 18.9 Å². The molecule has 0 aliphatic rings. The van der Waals surface area contributed by atoms with Gasteiger partial charge in [-0.15, -0.1) is 0 Å². The number of anilines is 2. The molecule has 5 nitrogen and oxygen atoms in total. The Bertz CT molecular complexity index is 797. The zero-order chi connectivity index (χ0) is 17.7. The van der Waals surface area contributed by atoms with Gasteiger partial charge in [-0.05, 0) is 38.1 Å². The molecule has 0 aromatic heterocycles. The van der Waals surface area contributed by atoms with E-state index in [9.17, 15) is 13.2 Å². The van der Waals surface area contributed by atoms with E-state index in [0.29, 0.717) is 11.4 Å². The number of rotatable bonds is 6. The van der Waals surface area contributed by atoms with Crippen LogP contribution in [0.1, 0.15) is 17.5 Å². The first-order valence-corrected chi connectivity index (χ1v) is 9.51. The molecule has 1 N–H and O–H groups in total. The Morgan fingerprint density at radius 1 is 0.958 bits per heavy atom. The average Bonchev–Trinajstić information content (AvgIpc) is 2.50. The highest BCUT2D eigenvalue weighted by Crippen LogP contribution is 2.19. The molecule has 0 saturated carbocycles. The number of nitrogens with one attached hydrogen (secondary N) is 1. The standard InChI is InChI=1S/C18H22N2O3S/c1-14-4-8-16(9-5-14)19-18(21)12-13-20(24(3,22)23)17-10-6-15(2)7-11-17/h4-11H,12-13H2,1-3H3,(H,19,21). The van der Waals surface area contributed by atoms with E-state index in [1.807, 2.05) is 50.2 Å². The number of nitrogens with zero attached hydrogens (tertiary/aromatic N) is 1. The van der Waals surface area contributed by atoms with E-state index >= 15 is 0 Å². The maximum Gasteiger partial charge on any atom is 0.232 e. The minimum absolute atomic E-state index is 0.0782. The molecule has 0 saturated heterocycles. The van der Waals surface area contributed by atoms with Gasteiger partial charge in [-0.3, -0.25) is 9.10 Å². The van der Waals surface area contributed by atoms with Gasteiger partial charge >= 0.3 is 0 Å². The molecule has 2 aromatic rings. The fraction of sp³-hybridized carbons (Fsp3) is 0.278. The molecule has 24 heavy (non-hydrogen) atoms. The molecule has 0 heterocycles. The van der Waals surface area contributed by atoms with Gasteiger partial charge in [0.05, 0.1) is 11.9 Å². The van der Waals surface area contributed by atoms with Crippen LogP contribution in [0.15, 0.2) is 48.5 Å². The number of benzene rings is 2. The second-order valence-corrected chi connectivity index (χ2v) is 7.74. The number of carbonyl (C=O) groups excluding carboxylic acids is 1. The van der Waals surface area contributed by atoms with Crippen LogP contribution in [0.3, 0.4) is 0 Å². The van der Waals surface area contributed by atoms with E-state index in [2.05, 4.69) is 5.32 Å². The summed E-state index contributed by atoms with van der Waals surface area (Å²) in [6, 6.07) is 14.6. The van der Waals surface area contributed by atoms with Gasteiger partial charge in [0.25, 0.3) is 0 Å². The van der Waals surface area contributed by atoms with Gasteiger partial charge in [-0.2, -0.15) is 0 Å². The molecular weight excluding hydrogens is 324 g/mol. The van der Waals surface area contributed by atoms with E-state index in [4.69, 9.17) is 0 Å². The van der Waals surface area contributed by atoms with Gasteiger partial charge in [-0.25, -0.2) is 8.42 Å². The summed E-state index contributed by atoms with van der Waals surface area (Å²) < 4.78 is 25.3. The number of carbonyl (C=O) groups is 1. The summed E-state index contributed by atoms with van der Waals surface area (Å²) >= 11 is 0. The van der Waals surface area contributed by atoms with Gasteiger partial charge in [0.2, 0.25) is 15.9 Å². The van der Waals surface area contributed by atoms with Crippen molar-refractivity contribution < 1.29 is 13.2 Å². The van der Waals surface area contributed by atoms with Crippen molar-refractivity contribution in [3.05, 3.63) is 59.7 Å². The molecule has 0 unspecified atom stereocenters. The van der Waals surface area contributed by atoms with Crippen LogP contribution in [0.4, 0.5) is 11.4 Å². The fourth-order valence-electron chi connectivity index (χ4n) is 2.26. The molecule has 6 heteroatoms. The van der Waals surface area contributed by atoms with E-state index in [0.717, 1.165) is 17.4 Å². The third kappa shape index (κ3) is 5.09. The summed E-state index contributed by atoms with van der Waals surface area (Å²) in [4.78, 5) is 12.1. The molecule has 0 aliphatic heterocycles. The Kier molecular flexibility index (Phi) is 5.62. The van der Waals surface area contributed by atoms with Gasteiger partial charge in [0, 0.05) is 18.7 Å². The second kappa shape index (κ2) is 7.49. The second-order valence-electron chi connectivity index (χ2n) is 5.83. The van der Waals surface area contributed by atoms with Crippen molar-refractivity contribution in [2.24, 2.45) is 0 Å². The Labute approximate surface area is 143 Å². The molecule has 1 amide bonds. The number of aryl methyl sites for hydroxylation is 2. The van der Waals surface area contributed by atoms with Crippen molar-refractivity contribution in [2.45, 2.75) is 20.3 Å². The maximum absolute atomic E-state index is 12.1. The molecule has 0 atom stereocenters. The smallest absolute Gasteiger partial charge is 0.232 e. The van der Waals surface area contributed by atoms with Gasteiger partial charge < -0.3 is 5.32 Å². The van der Waals surface area contributed by atoms with E-state index < -0.39 is 10.0 Å². The zero-order valence-electron chi connectivity index (χ0n) is 14.1. The lowest BCUT2D eigenvalue weighted by Gasteiger charge is -2.22. The van der Waals surface area contributed by atoms with Crippen molar-refractivity contribution >= 4 is 27.3 Å². The van der Waals surface area contributed by atoms with Crippen LogP contribution in [0.25, 0.3) is 0 Å². The molecule has 128 valence electrons. The number of hydrogen-bond donors (Lipinski definition) is 1. The SMILES string of the molecule is Cc1ccc(NC(=O)CCN(c2ccc(C)cc2)S(C)(=O)=O)cc1. The van der Waals surface area contributed by atoms with Crippen LogP contribution in [-0.2, 0) is 14.8 Å². The molecule has 0 radical (unpaired) electrons. The molecule has 2 aromatic carbocycles. The normalized spacial score (nSPS) is 11.1. The lowest BCUT2D eigenvalue weighted by Crippen LogP contribution is -2.33. The van der Waals surface area contributed by atoms with Crippen LogP contribution >= 0.6 is 0 Å². The Morgan fingerprint density at radius 3 is 1.96 bits per heavy atom.